The fourth-order valence-corrected chi connectivity index (χ4v) is 3.46. The lowest BCUT2D eigenvalue weighted by Crippen LogP contribution is -2.15. The van der Waals surface area contributed by atoms with Gasteiger partial charge in [-0.1, -0.05) is 84.0 Å². The van der Waals surface area contributed by atoms with Gasteiger partial charge >= 0.3 is 5.97 Å². The van der Waals surface area contributed by atoms with Crippen LogP contribution < -0.4 is 0 Å². The van der Waals surface area contributed by atoms with E-state index in [0.717, 1.165) is 12.8 Å². The summed E-state index contributed by atoms with van der Waals surface area (Å²) in [5, 5.41) is 0. The first kappa shape index (κ1) is 32.3. The van der Waals surface area contributed by atoms with Crippen LogP contribution in [-0.4, -0.2) is 64.9 Å². The number of hydrogen-bond donors (Lipinski definition) is 0. The van der Waals surface area contributed by atoms with E-state index in [1.807, 2.05) is 13.8 Å². The molecule has 0 atom stereocenters. The predicted molar refractivity (Wildman–Crippen MR) is 135 cm³/mol. The van der Waals surface area contributed by atoms with Gasteiger partial charge in [0.2, 0.25) is 0 Å². The summed E-state index contributed by atoms with van der Waals surface area (Å²) in [5.41, 5.74) is 0. The molecule has 0 aromatic carbocycles. The summed E-state index contributed by atoms with van der Waals surface area (Å²) in [6.45, 7) is 10.3. The van der Waals surface area contributed by atoms with Crippen LogP contribution in [0.15, 0.2) is 0 Å². The molecule has 0 bridgehead atoms. The van der Waals surface area contributed by atoms with E-state index in [9.17, 15) is 4.79 Å². The molecule has 0 aliphatic carbocycles. The second kappa shape index (κ2) is 27.6. The van der Waals surface area contributed by atoms with Crippen molar-refractivity contribution in [2.75, 3.05) is 52.9 Å². The molecule has 6 nitrogen and oxygen atoms in total. The average molecular weight is 475 g/mol. The van der Waals surface area contributed by atoms with E-state index in [2.05, 4.69) is 6.92 Å². The van der Waals surface area contributed by atoms with Crippen molar-refractivity contribution in [3.63, 3.8) is 0 Å². The van der Waals surface area contributed by atoms with E-state index in [1.165, 1.54) is 70.6 Å². The number of hydrogen-bond acceptors (Lipinski definition) is 6. The van der Waals surface area contributed by atoms with Gasteiger partial charge in [0, 0.05) is 6.42 Å². The number of esters is 1. The van der Waals surface area contributed by atoms with E-state index < -0.39 is 0 Å². The van der Waals surface area contributed by atoms with Crippen molar-refractivity contribution in [3.05, 3.63) is 0 Å². The molecule has 0 rings (SSSR count). The molecule has 198 valence electrons. The molecule has 0 N–H and O–H groups in total. The maximum Gasteiger partial charge on any atom is 0.305 e. The van der Waals surface area contributed by atoms with Gasteiger partial charge in [-0.3, -0.25) is 4.79 Å². The first-order valence-corrected chi connectivity index (χ1v) is 13.7. The maximum atomic E-state index is 11.7. The molecule has 6 heteroatoms. The molecule has 0 radical (unpaired) electrons. The summed E-state index contributed by atoms with van der Waals surface area (Å²) in [5.74, 6) is -0.114. The maximum absolute atomic E-state index is 11.7. The Morgan fingerprint density at radius 2 is 0.939 bits per heavy atom. The lowest BCUT2D eigenvalue weighted by atomic mass is 10.0. The monoisotopic (exact) mass is 474 g/mol. The molecule has 0 heterocycles. The lowest BCUT2D eigenvalue weighted by Gasteiger charge is -2.09. The molecule has 0 aliphatic heterocycles. The fraction of sp³-hybridized carbons (Fsp3) is 0.963. The van der Waals surface area contributed by atoms with Gasteiger partial charge in [0.15, 0.2) is 0 Å². The quantitative estimate of drug-likeness (QED) is 0.100. The highest BCUT2D eigenvalue weighted by atomic mass is 16.6. The Hall–Kier alpha value is -0.690. The van der Waals surface area contributed by atoms with Crippen LogP contribution in [0.2, 0.25) is 0 Å². The zero-order valence-electron chi connectivity index (χ0n) is 22.1. The van der Waals surface area contributed by atoms with Crippen molar-refractivity contribution in [2.45, 2.75) is 117 Å². The lowest BCUT2D eigenvalue weighted by molar-refractivity contribution is -0.145. The van der Waals surface area contributed by atoms with Crippen LogP contribution in [0.4, 0.5) is 0 Å². The molecule has 0 amide bonds. The zero-order chi connectivity index (χ0) is 24.2. The predicted octanol–water partition coefficient (Wildman–Crippen LogP) is 6.49. The summed E-state index contributed by atoms with van der Waals surface area (Å²) in [4.78, 5) is 11.7. The van der Waals surface area contributed by atoms with Gasteiger partial charge in [-0.05, 0) is 20.3 Å². The topological polar surface area (TPSA) is 63.2 Å². The third-order valence-electron chi connectivity index (χ3n) is 5.40. The first-order chi connectivity index (χ1) is 16.2. The Labute approximate surface area is 204 Å². The Kier molecular flexibility index (Phi) is 27.0. The number of rotatable bonds is 27. The van der Waals surface area contributed by atoms with Gasteiger partial charge < -0.3 is 23.7 Å². The summed E-state index contributed by atoms with van der Waals surface area (Å²) in [7, 11) is 0. The van der Waals surface area contributed by atoms with Crippen molar-refractivity contribution < 1.29 is 28.5 Å². The summed E-state index contributed by atoms with van der Waals surface area (Å²) < 4.78 is 26.8. The van der Waals surface area contributed by atoms with Crippen LogP contribution >= 0.6 is 0 Å². The standard InChI is InChI=1S/C27H54O6/c1-4-5-6-7-8-9-10-11-12-13-14-15-16-17-27(28)33-25-23-31-21-19-29-18-20-30-22-24-32-26(2)3/h26H,4-25H2,1-3H3. The Balaban J connectivity index is 3.15. The van der Waals surface area contributed by atoms with E-state index in [1.54, 1.807) is 0 Å². The second-order valence-electron chi connectivity index (χ2n) is 8.97. The molecule has 0 saturated carbocycles. The van der Waals surface area contributed by atoms with Crippen LogP contribution in [-0.2, 0) is 28.5 Å². The van der Waals surface area contributed by atoms with Crippen LogP contribution in [0, 0.1) is 0 Å². The number of carbonyl (C=O) groups excluding carboxylic acids is 1. The normalized spacial score (nSPS) is 11.4. The Morgan fingerprint density at radius 3 is 1.39 bits per heavy atom. The van der Waals surface area contributed by atoms with Crippen molar-refractivity contribution in [1.82, 2.24) is 0 Å². The first-order valence-electron chi connectivity index (χ1n) is 13.7. The van der Waals surface area contributed by atoms with Gasteiger partial charge in [0.25, 0.3) is 0 Å². The zero-order valence-corrected chi connectivity index (χ0v) is 22.1. The van der Waals surface area contributed by atoms with Gasteiger partial charge in [0.05, 0.1) is 52.4 Å². The Morgan fingerprint density at radius 1 is 0.545 bits per heavy atom. The second-order valence-corrected chi connectivity index (χ2v) is 8.97. The Bertz CT molecular complexity index is 389. The third-order valence-corrected chi connectivity index (χ3v) is 5.40. The average Bonchev–Trinajstić information content (AvgIpc) is 2.79. The molecule has 0 aromatic rings. The fourth-order valence-electron chi connectivity index (χ4n) is 3.46. The smallest absolute Gasteiger partial charge is 0.305 e. The largest absolute Gasteiger partial charge is 0.463 e. The van der Waals surface area contributed by atoms with Gasteiger partial charge in [0.1, 0.15) is 6.61 Å². The highest BCUT2D eigenvalue weighted by Crippen LogP contribution is 2.13. The summed E-state index contributed by atoms with van der Waals surface area (Å²) >= 11 is 0. The molecular formula is C27H54O6. The minimum atomic E-state index is -0.114. The molecule has 0 unspecified atom stereocenters. The van der Waals surface area contributed by atoms with E-state index in [4.69, 9.17) is 23.7 Å². The number of carbonyl (C=O) groups is 1. The molecule has 0 fully saturated rings. The van der Waals surface area contributed by atoms with Gasteiger partial charge in [-0.2, -0.15) is 0 Å². The van der Waals surface area contributed by atoms with Crippen molar-refractivity contribution >= 4 is 5.97 Å². The van der Waals surface area contributed by atoms with Crippen molar-refractivity contribution in [2.24, 2.45) is 0 Å². The van der Waals surface area contributed by atoms with Gasteiger partial charge in [-0.25, -0.2) is 0 Å². The SMILES string of the molecule is CCCCCCCCCCCCCCCC(=O)OCCOCCOCCOCCOC(C)C. The van der Waals surface area contributed by atoms with Crippen LogP contribution in [0.25, 0.3) is 0 Å². The molecule has 0 spiro atoms. The van der Waals surface area contributed by atoms with Crippen LogP contribution in [0.5, 0.6) is 0 Å². The molecule has 0 aromatic heterocycles. The molecule has 0 aliphatic rings. The highest BCUT2D eigenvalue weighted by Gasteiger charge is 2.02. The number of unbranched alkanes of at least 4 members (excludes halogenated alkanes) is 12. The minimum Gasteiger partial charge on any atom is -0.463 e. The summed E-state index contributed by atoms with van der Waals surface area (Å²) in [6, 6.07) is 0. The number of ether oxygens (including phenoxy) is 5. The van der Waals surface area contributed by atoms with E-state index >= 15 is 0 Å². The minimum absolute atomic E-state index is 0.114. The molecule has 0 saturated heterocycles. The van der Waals surface area contributed by atoms with Crippen molar-refractivity contribution in [1.29, 1.82) is 0 Å². The molecule has 33 heavy (non-hydrogen) atoms. The van der Waals surface area contributed by atoms with Crippen molar-refractivity contribution in [3.8, 4) is 0 Å². The van der Waals surface area contributed by atoms with Gasteiger partial charge in [-0.15, -0.1) is 0 Å². The third kappa shape index (κ3) is 29.3. The van der Waals surface area contributed by atoms with Crippen LogP contribution in [0.3, 0.4) is 0 Å². The summed E-state index contributed by atoms with van der Waals surface area (Å²) in [6.07, 6.45) is 17.7. The molecular weight excluding hydrogens is 420 g/mol. The van der Waals surface area contributed by atoms with E-state index in [0.29, 0.717) is 59.3 Å². The highest BCUT2D eigenvalue weighted by molar-refractivity contribution is 5.69. The van der Waals surface area contributed by atoms with Crippen LogP contribution in [0.1, 0.15) is 111 Å². The van der Waals surface area contributed by atoms with E-state index in [-0.39, 0.29) is 12.1 Å².